The van der Waals surface area contributed by atoms with Crippen LogP contribution >= 0.6 is 0 Å². The van der Waals surface area contributed by atoms with E-state index in [1.165, 1.54) is 25.9 Å². The summed E-state index contributed by atoms with van der Waals surface area (Å²) >= 11 is 0. The second-order valence-electron chi connectivity index (χ2n) is 7.02. The molecule has 1 spiro atoms. The summed E-state index contributed by atoms with van der Waals surface area (Å²) < 4.78 is 14.3. The van der Waals surface area contributed by atoms with E-state index in [0.29, 0.717) is 11.3 Å². The molecule has 2 saturated heterocycles. The van der Waals surface area contributed by atoms with E-state index in [4.69, 9.17) is 0 Å². The molecule has 0 bridgehead atoms. The van der Waals surface area contributed by atoms with Crippen LogP contribution in [0.4, 0.5) is 10.1 Å². The Bertz CT molecular complexity index is 482. The molecular weight excluding hydrogens is 251 g/mol. The van der Waals surface area contributed by atoms with Crippen LogP contribution in [0.1, 0.15) is 38.2 Å². The van der Waals surface area contributed by atoms with Gasteiger partial charge in [-0.2, -0.15) is 0 Å². The molecule has 0 radical (unpaired) electrons. The maximum atomic E-state index is 14.3. The molecule has 0 saturated carbocycles. The van der Waals surface area contributed by atoms with Gasteiger partial charge in [-0.25, -0.2) is 4.39 Å². The molecule has 0 atom stereocenters. The largest absolute Gasteiger partial charge is 0.369 e. The van der Waals surface area contributed by atoms with E-state index < -0.39 is 0 Å². The Labute approximate surface area is 121 Å². The van der Waals surface area contributed by atoms with Crippen LogP contribution in [0.3, 0.4) is 0 Å². The molecular formula is C17H25FN2. The lowest BCUT2D eigenvalue weighted by Gasteiger charge is -2.53. The van der Waals surface area contributed by atoms with E-state index >= 15 is 0 Å². The van der Waals surface area contributed by atoms with Crippen LogP contribution in [0.2, 0.25) is 0 Å². The third-order valence-electron chi connectivity index (χ3n) is 5.01. The van der Waals surface area contributed by atoms with E-state index in [9.17, 15) is 4.39 Å². The number of piperidine rings is 1. The molecule has 110 valence electrons. The number of hydrogen-bond acceptors (Lipinski definition) is 2. The molecule has 3 rings (SSSR count). The highest BCUT2D eigenvalue weighted by atomic mass is 19.1. The van der Waals surface area contributed by atoms with Gasteiger partial charge < -0.3 is 9.80 Å². The van der Waals surface area contributed by atoms with Crippen LogP contribution in [-0.4, -0.2) is 38.1 Å². The predicted octanol–water partition coefficient (Wildman–Crippen LogP) is 3.48. The van der Waals surface area contributed by atoms with E-state index in [-0.39, 0.29) is 5.82 Å². The summed E-state index contributed by atoms with van der Waals surface area (Å²) in [6.45, 7) is 8.63. The Morgan fingerprint density at radius 3 is 2.30 bits per heavy atom. The molecule has 3 heteroatoms. The summed E-state index contributed by atoms with van der Waals surface area (Å²) in [7, 11) is 2.18. The summed E-state index contributed by atoms with van der Waals surface area (Å²) in [5.74, 6) is 0.326. The lowest BCUT2D eigenvalue weighted by molar-refractivity contribution is 0.00123. The van der Waals surface area contributed by atoms with Gasteiger partial charge in [-0.1, -0.05) is 19.9 Å². The van der Waals surface area contributed by atoms with Gasteiger partial charge in [0.05, 0.1) is 5.69 Å². The van der Waals surface area contributed by atoms with Gasteiger partial charge in [0.1, 0.15) is 5.82 Å². The zero-order valence-corrected chi connectivity index (χ0v) is 12.8. The predicted molar refractivity (Wildman–Crippen MR) is 81.9 cm³/mol. The molecule has 0 N–H and O–H groups in total. The van der Waals surface area contributed by atoms with Crippen molar-refractivity contribution in [3.8, 4) is 0 Å². The summed E-state index contributed by atoms with van der Waals surface area (Å²) in [5, 5.41) is 0. The second-order valence-corrected chi connectivity index (χ2v) is 7.02. The van der Waals surface area contributed by atoms with E-state index in [0.717, 1.165) is 24.3 Å². The van der Waals surface area contributed by atoms with Gasteiger partial charge in [0, 0.05) is 26.2 Å². The molecule has 2 aliphatic rings. The van der Waals surface area contributed by atoms with Gasteiger partial charge in [-0.15, -0.1) is 0 Å². The zero-order chi connectivity index (χ0) is 14.3. The minimum atomic E-state index is -0.0575. The van der Waals surface area contributed by atoms with Crippen molar-refractivity contribution in [2.24, 2.45) is 5.41 Å². The lowest BCUT2D eigenvalue weighted by Crippen LogP contribution is -2.58. The lowest BCUT2D eigenvalue weighted by atomic mass is 9.72. The molecule has 1 aromatic rings. The van der Waals surface area contributed by atoms with Gasteiger partial charge >= 0.3 is 0 Å². The van der Waals surface area contributed by atoms with Crippen LogP contribution in [0, 0.1) is 11.2 Å². The Kier molecular flexibility index (Phi) is 3.49. The Balaban J connectivity index is 1.69. The molecule has 2 aliphatic heterocycles. The standard InChI is InChI=1S/C17H25FN2/c1-13(2)14-4-5-16(15(18)10-14)20-8-6-17(7-9-20)11-19(3)12-17/h4-5,10,13H,6-9,11-12H2,1-3H3. The van der Waals surface area contributed by atoms with Gasteiger partial charge in [0.15, 0.2) is 0 Å². The highest BCUT2D eigenvalue weighted by Crippen LogP contribution is 2.40. The summed E-state index contributed by atoms with van der Waals surface area (Å²) in [6, 6.07) is 5.75. The number of rotatable bonds is 2. The van der Waals surface area contributed by atoms with Gasteiger partial charge in [0.25, 0.3) is 0 Å². The Morgan fingerprint density at radius 2 is 1.80 bits per heavy atom. The Hall–Kier alpha value is -1.09. The normalized spacial score (nSPS) is 22.4. The molecule has 0 aromatic heterocycles. The first-order valence-corrected chi connectivity index (χ1v) is 7.72. The Morgan fingerprint density at radius 1 is 1.15 bits per heavy atom. The minimum absolute atomic E-state index is 0.0575. The maximum absolute atomic E-state index is 14.3. The van der Waals surface area contributed by atoms with Crippen molar-refractivity contribution in [3.63, 3.8) is 0 Å². The minimum Gasteiger partial charge on any atom is -0.369 e. The van der Waals surface area contributed by atoms with Crippen LogP contribution in [-0.2, 0) is 0 Å². The van der Waals surface area contributed by atoms with Crippen LogP contribution in [0.5, 0.6) is 0 Å². The van der Waals surface area contributed by atoms with Crippen LogP contribution in [0.15, 0.2) is 18.2 Å². The van der Waals surface area contributed by atoms with Crippen molar-refractivity contribution < 1.29 is 4.39 Å². The first-order valence-electron chi connectivity index (χ1n) is 7.72. The maximum Gasteiger partial charge on any atom is 0.146 e. The fraction of sp³-hybridized carbons (Fsp3) is 0.647. The van der Waals surface area contributed by atoms with E-state index in [2.05, 4.69) is 36.8 Å². The molecule has 2 fully saturated rings. The van der Waals surface area contributed by atoms with Crippen molar-refractivity contribution in [2.75, 3.05) is 38.1 Å². The highest BCUT2D eigenvalue weighted by molar-refractivity contribution is 5.50. The average Bonchev–Trinajstić information content (AvgIpc) is 2.38. The fourth-order valence-electron chi connectivity index (χ4n) is 3.78. The molecule has 20 heavy (non-hydrogen) atoms. The molecule has 1 aromatic carbocycles. The summed E-state index contributed by atoms with van der Waals surface area (Å²) in [5.41, 5.74) is 2.40. The molecule has 2 heterocycles. The van der Waals surface area contributed by atoms with Crippen molar-refractivity contribution in [1.82, 2.24) is 4.90 Å². The first kappa shape index (κ1) is 13.9. The first-order chi connectivity index (χ1) is 9.49. The second kappa shape index (κ2) is 5.03. The molecule has 0 aliphatic carbocycles. The SMILES string of the molecule is CC(C)c1ccc(N2CCC3(CC2)CN(C)C3)c(F)c1. The topological polar surface area (TPSA) is 6.48 Å². The highest BCUT2D eigenvalue weighted by Gasteiger charge is 2.43. The fourth-order valence-corrected chi connectivity index (χ4v) is 3.78. The number of hydrogen-bond donors (Lipinski definition) is 0. The molecule has 0 unspecified atom stereocenters. The van der Waals surface area contributed by atoms with Crippen molar-refractivity contribution in [2.45, 2.75) is 32.6 Å². The van der Waals surface area contributed by atoms with Gasteiger partial charge in [-0.05, 0) is 48.9 Å². The smallest absolute Gasteiger partial charge is 0.146 e. The third-order valence-corrected chi connectivity index (χ3v) is 5.01. The van der Waals surface area contributed by atoms with Crippen LogP contribution < -0.4 is 4.90 Å². The zero-order valence-electron chi connectivity index (χ0n) is 12.8. The quantitative estimate of drug-likeness (QED) is 0.816. The van der Waals surface area contributed by atoms with Crippen molar-refractivity contribution >= 4 is 5.69 Å². The molecule has 2 nitrogen and oxygen atoms in total. The van der Waals surface area contributed by atoms with Gasteiger partial charge in [0.2, 0.25) is 0 Å². The number of likely N-dealkylation sites (tertiary alicyclic amines) is 1. The van der Waals surface area contributed by atoms with Crippen molar-refractivity contribution in [1.29, 1.82) is 0 Å². The van der Waals surface area contributed by atoms with E-state index in [1.54, 1.807) is 6.07 Å². The number of anilines is 1. The summed E-state index contributed by atoms with van der Waals surface area (Å²) in [6.07, 6.45) is 2.39. The van der Waals surface area contributed by atoms with E-state index in [1.807, 2.05) is 6.07 Å². The van der Waals surface area contributed by atoms with Gasteiger partial charge in [-0.3, -0.25) is 0 Å². The van der Waals surface area contributed by atoms with Crippen LogP contribution in [0.25, 0.3) is 0 Å². The molecule has 0 amide bonds. The number of halogens is 1. The summed E-state index contributed by atoms with van der Waals surface area (Å²) in [4.78, 5) is 4.61. The average molecular weight is 276 g/mol. The van der Waals surface area contributed by atoms with Crippen molar-refractivity contribution in [3.05, 3.63) is 29.6 Å². The number of nitrogens with zero attached hydrogens (tertiary/aromatic N) is 2. The number of benzene rings is 1. The third kappa shape index (κ3) is 2.44. The monoisotopic (exact) mass is 276 g/mol.